The molecule has 0 atom stereocenters. The zero-order chi connectivity index (χ0) is 16.1. The van der Waals surface area contributed by atoms with E-state index in [1.165, 1.54) is 16.0 Å². The first-order valence-corrected chi connectivity index (χ1v) is 9.18. The first kappa shape index (κ1) is 14.8. The number of aromatic nitrogens is 2. The van der Waals surface area contributed by atoms with Crippen molar-refractivity contribution in [3.63, 3.8) is 0 Å². The third kappa shape index (κ3) is 2.30. The summed E-state index contributed by atoms with van der Waals surface area (Å²) in [7, 11) is 0. The van der Waals surface area contributed by atoms with Crippen LogP contribution in [0.2, 0.25) is 0 Å². The summed E-state index contributed by atoms with van der Waals surface area (Å²) in [6.07, 6.45) is 3.12. The smallest absolute Gasteiger partial charge is 0.139 e. The van der Waals surface area contributed by atoms with Gasteiger partial charge >= 0.3 is 0 Å². The van der Waals surface area contributed by atoms with Gasteiger partial charge in [-0.05, 0) is 49.1 Å². The van der Waals surface area contributed by atoms with Crippen molar-refractivity contribution in [3.05, 3.63) is 56.1 Å². The Hall–Kier alpha value is -1.72. The number of allylic oxidation sites excluding steroid dienone is 1. The number of hydrogen-bond donors (Lipinski definition) is 1. The summed E-state index contributed by atoms with van der Waals surface area (Å²) < 4.78 is 3.13. The second kappa shape index (κ2) is 5.42. The van der Waals surface area contributed by atoms with Gasteiger partial charge in [0.05, 0.1) is 5.39 Å². The Balaban J connectivity index is 1.94. The molecule has 0 unspecified atom stereocenters. The lowest BCUT2D eigenvalue weighted by atomic mass is 10.1. The fourth-order valence-electron chi connectivity index (χ4n) is 3.09. The standard InChI is InChI=1S/C18H16BrN3S/c1-10-11(2)23-18-15(10)16(20)22-8-7-13(17(22)21-18)9-12-5-3-4-6-14(12)19/h3-6,9,20H,7-8H2,1-2H3/b13-9+,20-16?. The molecule has 3 heterocycles. The van der Waals surface area contributed by atoms with E-state index in [4.69, 9.17) is 10.4 Å². The van der Waals surface area contributed by atoms with Gasteiger partial charge in [-0.3, -0.25) is 5.41 Å². The normalized spacial score (nSPS) is 15.5. The molecule has 3 aromatic rings. The Kier molecular flexibility index (Phi) is 3.50. The fourth-order valence-corrected chi connectivity index (χ4v) is 4.52. The quantitative estimate of drug-likeness (QED) is 0.635. The average Bonchev–Trinajstić information content (AvgIpc) is 3.05. The highest BCUT2D eigenvalue weighted by Gasteiger charge is 2.21. The van der Waals surface area contributed by atoms with Crippen LogP contribution < -0.4 is 5.49 Å². The fraction of sp³-hybridized carbons (Fsp3) is 0.222. The van der Waals surface area contributed by atoms with Crippen LogP contribution in [0.15, 0.2) is 28.7 Å². The van der Waals surface area contributed by atoms with Gasteiger partial charge in [0.1, 0.15) is 16.1 Å². The predicted octanol–water partition coefficient (Wildman–Crippen LogP) is 4.90. The molecule has 1 aliphatic rings. The largest absolute Gasteiger partial charge is 0.310 e. The molecule has 0 amide bonds. The van der Waals surface area contributed by atoms with E-state index in [1.54, 1.807) is 11.3 Å². The van der Waals surface area contributed by atoms with Gasteiger partial charge in [-0.25, -0.2) is 4.98 Å². The number of rotatable bonds is 1. The Bertz CT molecular complexity index is 1030. The van der Waals surface area contributed by atoms with Crippen molar-refractivity contribution in [2.24, 2.45) is 0 Å². The molecule has 116 valence electrons. The maximum Gasteiger partial charge on any atom is 0.139 e. The van der Waals surface area contributed by atoms with E-state index in [9.17, 15) is 0 Å². The second-order valence-electron chi connectivity index (χ2n) is 5.84. The molecule has 2 aromatic heterocycles. The van der Waals surface area contributed by atoms with Crippen LogP contribution >= 0.6 is 27.3 Å². The average molecular weight is 386 g/mol. The number of halogens is 1. The van der Waals surface area contributed by atoms with Gasteiger partial charge in [-0.15, -0.1) is 11.3 Å². The molecule has 0 saturated heterocycles. The van der Waals surface area contributed by atoms with E-state index in [0.29, 0.717) is 5.49 Å². The molecule has 1 aliphatic heterocycles. The lowest BCUT2D eigenvalue weighted by Crippen LogP contribution is -2.20. The Labute approximate surface area is 147 Å². The van der Waals surface area contributed by atoms with E-state index in [2.05, 4.69) is 41.9 Å². The van der Waals surface area contributed by atoms with Crippen LogP contribution in [-0.4, -0.2) is 9.55 Å². The maximum atomic E-state index is 8.58. The van der Waals surface area contributed by atoms with Gasteiger partial charge in [0.15, 0.2) is 0 Å². The van der Waals surface area contributed by atoms with E-state index in [0.717, 1.165) is 39.0 Å². The summed E-state index contributed by atoms with van der Waals surface area (Å²) in [5.74, 6) is 0.944. The number of nitrogens with one attached hydrogen (secondary N) is 1. The first-order valence-electron chi connectivity index (χ1n) is 7.57. The molecule has 0 bridgehead atoms. The summed E-state index contributed by atoms with van der Waals surface area (Å²) in [5.41, 5.74) is 4.15. The number of thiophene rings is 1. The monoisotopic (exact) mass is 385 g/mol. The van der Waals surface area contributed by atoms with Crippen molar-refractivity contribution >= 4 is 49.1 Å². The molecule has 5 heteroatoms. The summed E-state index contributed by atoms with van der Waals surface area (Å²) in [4.78, 5) is 7.12. The molecule has 0 aliphatic carbocycles. The topological polar surface area (TPSA) is 41.7 Å². The number of fused-ring (bicyclic) bond motifs is 2. The third-order valence-electron chi connectivity index (χ3n) is 4.46. The van der Waals surface area contributed by atoms with Crippen molar-refractivity contribution in [1.29, 1.82) is 5.41 Å². The number of benzene rings is 1. The summed E-state index contributed by atoms with van der Waals surface area (Å²) in [6.45, 7) is 5.03. The van der Waals surface area contributed by atoms with Crippen LogP contribution in [0.1, 0.15) is 28.2 Å². The zero-order valence-corrected chi connectivity index (χ0v) is 15.4. The second-order valence-corrected chi connectivity index (χ2v) is 7.90. The van der Waals surface area contributed by atoms with Crippen molar-refractivity contribution in [3.8, 4) is 0 Å². The van der Waals surface area contributed by atoms with Crippen LogP contribution in [0.25, 0.3) is 21.9 Å². The molecule has 0 fully saturated rings. The van der Waals surface area contributed by atoms with Crippen LogP contribution in [0.3, 0.4) is 0 Å². The molecule has 4 rings (SSSR count). The number of hydrogen-bond acceptors (Lipinski definition) is 3. The summed E-state index contributed by atoms with van der Waals surface area (Å²) >= 11 is 5.29. The van der Waals surface area contributed by atoms with Crippen LogP contribution in [0.5, 0.6) is 0 Å². The van der Waals surface area contributed by atoms with Crippen molar-refractivity contribution < 1.29 is 0 Å². The molecule has 0 radical (unpaired) electrons. The van der Waals surface area contributed by atoms with E-state index in [-0.39, 0.29) is 0 Å². The van der Waals surface area contributed by atoms with E-state index in [1.807, 2.05) is 22.8 Å². The molecule has 23 heavy (non-hydrogen) atoms. The number of aryl methyl sites for hydroxylation is 2. The summed E-state index contributed by atoms with van der Waals surface area (Å²) in [5, 5.41) is 9.59. The predicted molar refractivity (Wildman–Crippen MR) is 99.6 cm³/mol. The first-order chi connectivity index (χ1) is 11.1. The Morgan fingerprint density at radius 2 is 2.09 bits per heavy atom. The minimum absolute atomic E-state index is 0.599. The van der Waals surface area contributed by atoms with Gasteiger partial charge < -0.3 is 4.57 Å². The molecule has 0 saturated carbocycles. The van der Waals surface area contributed by atoms with Gasteiger partial charge in [-0.2, -0.15) is 0 Å². The Morgan fingerprint density at radius 3 is 2.87 bits per heavy atom. The highest BCUT2D eigenvalue weighted by Crippen LogP contribution is 2.32. The van der Waals surface area contributed by atoms with Crippen LogP contribution in [-0.2, 0) is 6.54 Å². The molecule has 0 spiro atoms. The SMILES string of the molecule is Cc1sc2nc3n(c(=N)c2c1C)CC/C3=C\c1ccccc1Br. The lowest BCUT2D eigenvalue weighted by molar-refractivity contribution is 0.703. The van der Waals surface area contributed by atoms with Gasteiger partial charge in [0, 0.05) is 15.9 Å². The third-order valence-corrected chi connectivity index (χ3v) is 6.29. The zero-order valence-electron chi connectivity index (χ0n) is 13.0. The number of nitrogens with zero attached hydrogens (tertiary/aromatic N) is 2. The molecule has 1 N–H and O–H groups in total. The van der Waals surface area contributed by atoms with Gasteiger partial charge in [-0.1, -0.05) is 34.1 Å². The maximum absolute atomic E-state index is 8.58. The van der Waals surface area contributed by atoms with Crippen LogP contribution in [0.4, 0.5) is 0 Å². The lowest BCUT2D eigenvalue weighted by Gasteiger charge is -2.05. The van der Waals surface area contributed by atoms with Crippen LogP contribution in [0, 0.1) is 19.3 Å². The minimum Gasteiger partial charge on any atom is -0.310 e. The summed E-state index contributed by atoms with van der Waals surface area (Å²) in [6, 6.07) is 8.20. The van der Waals surface area contributed by atoms with Gasteiger partial charge in [0.2, 0.25) is 0 Å². The van der Waals surface area contributed by atoms with Gasteiger partial charge in [0.25, 0.3) is 0 Å². The molecule has 1 aromatic carbocycles. The highest BCUT2D eigenvalue weighted by molar-refractivity contribution is 9.10. The highest BCUT2D eigenvalue weighted by atomic mass is 79.9. The minimum atomic E-state index is 0.599. The molecular formula is C18H16BrN3S. The molecule has 3 nitrogen and oxygen atoms in total. The van der Waals surface area contributed by atoms with E-state index < -0.39 is 0 Å². The Morgan fingerprint density at radius 1 is 1.30 bits per heavy atom. The van der Waals surface area contributed by atoms with Crippen molar-refractivity contribution in [1.82, 2.24) is 9.55 Å². The molecular weight excluding hydrogens is 370 g/mol. The van der Waals surface area contributed by atoms with E-state index >= 15 is 0 Å². The van der Waals surface area contributed by atoms with Crippen molar-refractivity contribution in [2.75, 3.05) is 0 Å². The van der Waals surface area contributed by atoms with Crippen molar-refractivity contribution in [2.45, 2.75) is 26.8 Å².